The van der Waals surface area contributed by atoms with Gasteiger partial charge in [0.2, 0.25) is 20.0 Å². The maximum absolute atomic E-state index is 12.4. The number of hydrogen-bond acceptors (Lipinski definition) is 4. The van der Waals surface area contributed by atoms with Crippen molar-refractivity contribution in [2.75, 3.05) is 13.1 Å². The van der Waals surface area contributed by atoms with Gasteiger partial charge in [-0.25, -0.2) is 22.0 Å². The number of nitrogens with zero attached hydrogens (tertiary/aromatic N) is 1. The molecule has 6 nitrogen and oxygen atoms in total. The monoisotopic (exact) mass is 382 g/mol. The lowest BCUT2D eigenvalue weighted by Gasteiger charge is -2.30. The second-order valence-electron chi connectivity index (χ2n) is 4.67. The molecule has 0 aliphatic carbocycles. The van der Waals surface area contributed by atoms with Gasteiger partial charge in [-0.05, 0) is 37.1 Å². The average Bonchev–Trinajstić information content (AvgIpc) is 2.38. The summed E-state index contributed by atoms with van der Waals surface area (Å²) in [5.74, 6) is 0. The smallest absolute Gasteiger partial charge is 0.228 e. The Morgan fingerprint density at radius 1 is 1.15 bits per heavy atom. The summed E-state index contributed by atoms with van der Waals surface area (Å²) in [5.41, 5.74) is 0. The topological polar surface area (TPSA) is 97.5 Å². The van der Waals surface area contributed by atoms with Crippen molar-refractivity contribution in [1.29, 1.82) is 0 Å². The first-order valence-electron chi connectivity index (χ1n) is 5.98. The summed E-state index contributed by atoms with van der Waals surface area (Å²) in [4.78, 5) is 0.149. The van der Waals surface area contributed by atoms with Crippen molar-refractivity contribution < 1.29 is 16.8 Å². The number of piperidine rings is 1. The van der Waals surface area contributed by atoms with E-state index in [9.17, 15) is 16.8 Å². The number of halogens is 1. The highest BCUT2D eigenvalue weighted by Gasteiger charge is 2.34. The van der Waals surface area contributed by atoms with Gasteiger partial charge in [0.1, 0.15) is 0 Å². The zero-order valence-corrected chi connectivity index (χ0v) is 13.8. The van der Waals surface area contributed by atoms with Crippen LogP contribution in [0.2, 0.25) is 0 Å². The van der Waals surface area contributed by atoms with E-state index in [-0.39, 0.29) is 11.4 Å². The van der Waals surface area contributed by atoms with Crippen molar-refractivity contribution in [3.05, 3.63) is 28.7 Å². The molecule has 2 N–H and O–H groups in total. The van der Waals surface area contributed by atoms with E-state index >= 15 is 0 Å². The third kappa shape index (κ3) is 3.40. The van der Waals surface area contributed by atoms with Crippen LogP contribution in [0.15, 0.2) is 33.6 Å². The second kappa shape index (κ2) is 5.72. The van der Waals surface area contributed by atoms with Gasteiger partial charge in [0, 0.05) is 17.6 Å². The molecule has 1 aromatic rings. The SMILES string of the molecule is NS(=O)(=O)C1CCCN(S(=O)(=O)c2ccc(Br)cc2)C1. The number of benzene rings is 1. The molecule has 1 heterocycles. The highest BCUT2D eigenvalue weighted by molar-refractivity contribution is 9.10. The summed E-state index contributed by atoms with van der Waals surface area (Å²) < 4.78 is 49.6. The lowest BCUT2D eigenvalue weighted by molar-refractivity contribution is 0.346. The molecule has 9 heteroatoms. The normalized spacial score (nSPS) is 21.8. The lowest BCUT2D eigenvalue weighted by atomic mass is 10.2. The Labute approximate surface area is 127 Å². The summed E-state index contributed by atoms with van der Waals surface area (Å²) in [7, 11) is -7.40. The van der Waals surface area contributed by atoms with Crippen LogP contribution in [0.1, 0.15) is 12.8 Å². The molecule has 1 aromatic carbocycles. The Kier molecular flexibility index (Phi) is 4.55. The maximum atomic E-state index is 12.4. The molecular weight excluding hydrogens is 368 g/mol. The van der Waals surface area contributed by atoms with Crippen LogP contribution in [0.3, 0.4) is 0 Å². The van der Waals surface area contributed by atoms with Gasteiger partial charge in [-0.1, -0.05) is 15.9 Å². The van der Waals surface area contributed by atoms with Crippen LogP contribution in [-0.2, 0) is 20.0 Å². The van der Waals surface area contributed by atoms with E-state index in [4.69, 9.17) is 5.14 Å². The first-order chi connectivity index (χ1) is 9.21. The molecule has 1 fully saturated rings. The largest absolute Gasteiger partial charge is 0.243 e. The third-order valence-electron chi connectivity index (χ3n) is 3.26. The van der Waals surface area contributed by atoms with Crippen LogP contribution in [0.5, 0.6) is 0 Å². The van der Waals surface area contributed by atoms with Gasteiger partial charge < -0.3 is 0 Å². The quantitative estimate of drug-likeness (QED) is 0.838. The second-order valence-corrected chi connectivity index (χ2v) is 9.37. The first-order valence-corrected chi connectivity index (χ1v) is 9.83. The molecule has 0 aromatic heterocycles. The molecule has 1 unspecified atom stereocenters. The van der Waals surface area contributed by atoms with E-state index in [0.717, 1.165) is 4.47 Å². The number of rotatable bonds is 3. The number of hydrogen-bond donors (Lipinski definition) is 1. The third-order valence-corrected chi connectivity index (χ3v) is 6.98. The fourth-order valence-corrected chi connectivity index (χ4v) is 4.91. The van der Waals surface area contributed by atoms with E-state index in [1.807, 2.05) is 0 Å². The van der Waals surface area contributed by atoms with Crippen molar-refractivity contribution in [2.24, 2.45) is 5.14 Å². The van der Waals surface area contributed by atoms with Gasteiger partial charge in [-0.15, -0.1) is 0 Å². The van der Waals surface area contributed by atoms with E-state index in [0.29, 0.717) is 19.4 Å². The van der Waals surface area contributed by atoms with Crippen LogP contribution in [0.4, 0.5) is 0 Å². The minimum atomic E-state index is -3.72. The lowest BCUT2D eigenvalue weighted by Crippen LogP contribution is -2.46. The summed E-state index contributed by atoms with van der Waals surface area (Å²) in [6, 6.07) is 6.24. The van der Waals surface area contributed by atoms with E-state index in [1.54, 1.807) is 12.1 Å². The van der Waals surface area contributed by atoms with Gasteiger partial charge in [0.25, 0.3) is 0 Å². The van der Waals surface area contributed by atoms with Gasteiger partial charge in [-0.2, -0.15) is 4.31 Å². The number of sulfonamides is 2. The molecule has 0 amide bonds. The number of primary sulfonamides is 1. The van der Waals surface area contributed by atoms with Crippen molar-refractivity contribution >= 4 is 36.0 Å². The molecule has 112 valence electrons. The van der Waals surface area contributed by atoms with Crippen LogP contribution >= 0.6 is 15.9 Å². The minimum Gasteiger partial charge on any atom is -0.228 e. The van der Waals surface area contributed by atoms with Gasteiger partial charge in [-0.3, -0.25) is 0 Å². The van der Waals surface area contributed by atoms with Crippen molar-refractivity contribution in [2.45, 2.75) is 23.0 Å². The highest BCUT2D eigenvalue weighted by atomic mass is 79.9. The Hall–Kier alpha value is -0.480. The summed E-state index contributed by atoms with van der Waals surface area (Å²) in [5, 5.41) is 4.29. The zero-order valence-electron chi connectivity index (χ0n) is 10.6. The van der Waals surface area contributed by atoms with E-state index in [1.165, 1.54) is 16.4 Å². The van der Waals surface area contributed by atoms with E-state index < -0.39 is 25.3 Å². The van der Waals surface area contributed by atoms with Gasteiger partial charge in [0.05, 0.1) is 10.1 Å². The van der Waals surface area contributed by atoms with Gasteiger partial charge >= 0.3 is 0 Å². The predicted molar refractivity (Wildman–Crippen MR) is 79.0 cm³/mol. The molecule has 20 heavy (non-hydrogen) atoms. The molecule has 0 bridgehead atoms. The summed E-state index contributed by atoms with van der Waals surface area (Å²) in [6.45, 7) is 0.224. The standard InChI is InChI=1S/C11H15BrN2O4S2/c12-9-3-5-10(6-4-9)20(17,18)14-7-1-2-11(8-14)19(13,15)16/h3-6,11H,1-2,7-8H2,(H2,13,15,16). The molecule has 1 aliphatic heterocycles. The van der Waals surface area contributed by atoms with Crippen molar-refractivity contribution in [3.8, 4) is 0 Å². The fourth-order valence-electron chi connectivity index (χ4n) is 2.15. The Morgan fingerprint density at radius 3 is 2.30 bits per heavy atom. The zero-order chi connectivity index (χ0) is 15.0. The molecule has 1 atom stereocenters. The number of nitrogens with two attached hydrogens (primary N) is 1. The van der Waals surface area contributed by atoms with Crippen LogP contribution < -0.4 is 5.14 Å². The molecule has 0 spiro atoms. The summed E-state index contributed by atoms with van der Waals surface area (Å²) >= 11 is 3.24. The molecule has 1 saturated heterocycles. The molecule has 0 saturated carbocycles. The first kappa shape index (κ1) is 15.9. The highest BCUT2D eigenvalue weighted by Crippen LogP contribution is 2.24. The van der Waals surface area contributed by atoms with E-state index in [2.05, 4.69) is 15.9 Å². The Bertz CT molecular complexity index is 686. The Morgan fingerprint density at radius 2 is 1.75 bits per heavy atom. The molecule has 1 aliphatic rings. The van der Waals surface area contributed by atoms with Crippen molar-refractivity contribution in [1.82, 2.24) is 4.31 Å². The van der Waals surface area contributed by atoms with Crippen LogP contribution in [-0.4, -0.2) is 39.5 Å². The molecule has 2 rings (SSSR count). The molecule has 0 radical (unpaired) electrons. The minimum absolute atomic E-state index is 0.0861. The average molecular weight is 383 g/mol. The van der Waals surface area contributed by atoms with Crippen LogP contribution in [0.25, 0.3) is 0 Å². The van der Waals surface area contributed by atoms with Crippen molar-refractivity contribution in [3.63, 3.8) is 0 Å². The van der Waals surface area contributed by atoms with Crippen LogP contribution in [0, 0.1) is 0 Å². The fraction of sp³-hybridized carbons (Fsp3) is 0.455. The maximum Gasteiger partial charge on any atom is 0.243 e. The van der Waals surface area contributed by atoms with Gasteiger partial charge in [0.15, 0.2) is 0 Å². The molecular formula is C11H15BrN2O4S2. The summed E-state index contributed by atoms with van der Waals surface area (Å²) in [6.07, 6.45) is 0.877. The predicted octanol–water partition coefficient (Wildman–Crippen LogP) is 0.891. The Balaban J connectivity index is 2.28.